The van der Waals surface area contributed by atoms with E-state index in [-0.39, 0.29) is 0 Å². The Hall–Kier alpha value is -1.38. The third-order valence-electron chi connectivity index (χ3n) is 4.38. The summed E-state index contributed by atoms with van der Waals surface area (Å²) in [5, 5.41) is 7.91. The molecule has 0 saturated heterocycles. The topological polar surface area (TPSA) is 0 Å². The number of fused-ring (bicyclic) bond motifs is 5. The Morgan fingerprint density at radius 2 is 1.05 bits per heavy atom. The monoisotopic (exact) mass is 412 g/mol. The van der Waals surface area contributed by atoms with Crippen LogP contribution in [0.15, 0.2) is 57.5 Å². The molecular formula is C20H14Br2. The highest BCUT2D eigenvalue weighted by Crippen LogP contribution is 2.37. The standard InChI is InChI=1S/C20H14Br2/c1-11-7-13-8-12(2)17-6-4-15(22)10-19(17)20(13)18-9-14(21)3-5-16(11)18/h3-10H,1-2H3. The van der Waals surface area contributed by atoms with Gasteiger partial charge in [-0.2, -0.15) is 0 Å². The summed E-state index contributed by atoms with van der Waals surface area (Å²) in [6.45, 7) is 4.38. The van der Waals surface area contributed by atoms with Gasteiger partial charge in [-0.25, -0.2) is 0 Å². The van der Waals surface area contributed by atoms with Crippen LogP contribution in [0.5, 0.6) is 0 Å². The summed E-state index contributed by atoms with van der Waals surface area (Å²) >= 11 is 7.25. The number of rotatable bonds is 0. The molecule has 0 spiro atoms. The maximum Gasteiger partial charge on any atom is 0.0181 e. The van der Waals surface area contributed by atoms with Crippen LogP contribution in [-0.4, -0.2) is 0 Å². The minimum absolute atomic E-state index is 1.12. The Kier molecular flexibility index (Phi) is 3.28. The SMILES string of the molecule is Cc1cc2cc(C)c3ccc(Br)cc3c2c2cc(Br)ccc12. The van der Waals surface area contributed by atoms with E-state index in [4.69, 9.17) is 0 Å². The number of hydrogen-bond donors (Lipinski definition) is 0. The minimum Gasteiger partial charge on any atom is -0.0530 e. The molecule has 0 heterocycles. The van der Waals surface area contributed by atoms with Gasteiger partial charge >= 0.3 is 0 Å². The zero-order valence-corrected chi connectivity index (χ0v) is 15.5. The second-order valence-corrected chi connectivity index (χ2v) is 7.70. The smallest absolute Gasteiger partial charge is 0.0181 e. The number of benzene rings is 4. The molecule has 2 heteroatoms. The third-order valence-corrected chi connectivity index (χ3v) is 5.37. The van der Waals surface area contributed by atoms with Gasteiger partial charge in [0.1, 0.15) is 0 Å². The lowest BCUT2D eigenvalue weighted by Crippen LogP contribution is -1.87. The lowest BCUT2D eigenvalue weighted by Gasteiger charge is -2.13. The summed E-state index contributed by atoms with van der Waals surface area (Å²) < 4.78 is 2.24. The Labute approximate surface area is 146 Å². The Bertz CT molecular complexity index is 979. The second kappa shape index (κ2) is 5.07. The Morgan fingerprint density at radius 1 is 0.591 bits per heavy atom. The number of aryl methyl sites for hydroxylation is 2. The summed E-state index contributed by atoms with van der Waals surface area (Å²) in [4.78, 5) is 0. The van der Waals surface area contributed by atoms with Crippen molar-refractivity contribution < 1.29 is 0 Å². The highest BCUT2D eigenvalue weighted by atomic mass is 79.9. The first kappa shape index (κ1) is 14.2. The van der Waals surface area contributed by atoms with Gasteiger partial charge in [0.2, 0.25) is 0 Å². The van der Waals surface area contributed by atoms with Gasteiger partial charge in [0.25, 0.3) is 0 Å². The van der Waals surface area contributed by atoms with Crippen LogP contribution in [0.25, 0.3) is 32.3 Å². The van der Waals surface area contributed by atoms with Gasteiger partial charge < -0.3 is 0 Å². The molecule has 0 saturated carbocycles. The molecule has 108 valence electrons. The zero-order chi connectivity index (χ0) is 15.4. The fourth-order valence-electron chi connectivity index (χ4n) is 3.40. The van der Waals surface area contributed by atoms with Crippen molar-refractivity contribution in [2.24, 2.45) is 0 Å². The van der Waals surface area contributed by atoms with Crippen molar-refractivity contribution in [3.8, 4) is 0 Å². The molecule has 4 aromatic carbocycles. The van der Waals surface area contributed by atoms with E-state index in [0.29, 0.717) is 0 Å². The molecule has 4 aromatic rings. The largest absolute Gasteiger partial charge is 0.0530 e. The van der Waals surface area contributed by atoms with Crippen molar-refractivity contribution in [3.63, 3.8) is 0 Å². The Morgan fingerprint density at radius 3 is 1.50 bits per heavy atom. The van der Waals surface area contributed by atoms with E-state index in [9.17, 15) is 0 Å². The molecule has 0 fully saturated rings. The number of hydrogen-bond acceptors (Lipinski definition) is 0. The molecule has 0 aromatic heterocycles. The van der Waals surface area contributed by atoms with Gasteiger partial charge in [-0.3, -0.25) is 0 Å². The van der Waals surface area contributed by atoms with Crippen LogP contribution in [0.3, 0.4) is 0 Å². The highest BCUT2D eigenvalue weighted by molar-refractivity contribution is 9.10. The van der Waals surface area contributed by atoms with E-state index in [0.717, 1.165) is 8.95 Å². The van der Waals surface area contributed by atoms with Crippen LogP contribution in [0.1, 0.15) is 11.1 Å². The van der Waals surface area contributed by atoms with Crippen LogP contribution < -0.4 is 0 Å². The summed E-state index contributed by atoms with van der Waals surface area (Å²) in [5.74, 6) is 0. The molecule has 0 aliphatic rings. The van der Waals surface area contributed by atoms with E-state index in [1.165, 1.54) is 43.4 Å². The number of halogens is 2. The molecule has 0 unspecified atom stereocenters. The molecule has 0 radical (unpaired) electrons. The van der Waals surface area contributed by atoms with Crippen LogP contribution in [0.4, 0.5) is 0 Å². The van der Waals surface area contributed by atoms with Crippen molar-refractivity contribution in [2.45, 2.75) is 13.8 Å². The average molecular weight is 414 g/mol. The molecule has 0 aliphatic carbocycles. The molecule has 4 rings (SSSR count). The van der Waals surface area contributed by atoms with E-state index < -0.39 is 0 Å². The van der Waals surface area contributed by atoms with Crippen LogP contribution in [-0.2, 0) is 0 Å². The van der Waals surface area contributed by atoms with Gasteiger partial charge in [0.05, 0.1) is 0 Å². The third kappa shape index (κ3) is 2.09. The molecule has 0 atom stereocenters. The van der Waals surface area contributed by atoms with Crippen molar-refractivity contribution in [1.82, 2.24) is 0 Å². The van der Waals surface area contributed by atoms with Crippen molar-refractivity contribution >= 4 is 64.2 Å². The summed E-state index contributed by atoms with van der Waals surface area (Å²) in [6, 6.07) is 17.7. The molecule has 22 heavy (non-hydrogen) atoms. The zero-order valence-electron chi connectivity index (χ0n) is 12.4. The maximum atomic E-state index is 3.63. The normalized spacial score (nSPS) is 11.6. The van der Waals surface area contributed by atoms with E-state index >= 15 is 0 Å². The molecule has 0 aliphatic heterocycles. The molecule has 0 amide bonds. The Balaban J connectivity index is 2.38. The van der Waals surface area contributed by atoms with Gasteiger partial charge in [-0.1, -0.05) is 56.1 Å². The average Bonchev–Trinajstić information content (AvgIpc) is 2.46. The van der Waals surface area contributed by atoms with Crippen molar-refractivity contribution in [1.29, 1.82) is 0 Å². The lowest BCUT2D eigenvalue weighted by molar-refractivity contribution is 1.52. The van der Waals surface area contributed by atoms with Crippen LogP contribution >= 0.6 is 31.9 Å². The highest BCUT2D eigenvalue weighted by Gasteiger charge is 2.10. The first-order valence-corrected chi connectivity index (χ1v) is 8.84. The molecule has 0 bridgehead atoms. The fraction of sp³-hybridized carbons (Fsp3) is 0.100. The summed E-state index contributed by atoms with van der Waals surface area (Å²) in [5.41, 5.74) is 2.65. The summed E-state index contributed by atoms with van der Waals surface area (Å²) in [6.07, 6.45) is 0. The maximum absolute atomic E-state index is 3.63. The predicted molar refractivity (Wildman–Crippen MR) is 104 cm³/mol. The second-order valence-electron chi connectivity index (χ2n) is 5.86. The first-order valence-electron chi connectivity index (χ1n) is 7.26. The quantitative estimate of drug-likeness (QED) is 0.265. The van der Waals surface area contributed by atoms with E-state index in [1.54, 1.807) is 0 Å². The van der Waals surface area contributed by atoms with Gasteiger partial charge in [0, 0.05) is 8.95 Å². The van der Waals surface area contributed by atoms with E-state index in [1.807, 2.05) is 0 Å². The lowest BCUT2D eigenvalue weighted by atomic mass is 9.92. The van der Waals surface area contributed by atoms with Crippen molar-refractivity contribution in [3.05, 3.63) is 68.6 Å². The van der Waals surface area contributed by atoms with Crippen LogP contribution in [0, 0.1) is 13.8 Å². The van der Waals surface area contributed by atoms with E-state index in [2.05, 4.69) is 94.2 Å². The van der Waals surface area contributed by atoms with Crippen molar-refractivity contribution in [2.75, 3.05) is 0 Å². The van der Waals surface area contributed by atoms with Gasteiger partial charge in [-0.15, -0.1) is 0 Å². The first-order chi connectivity index (χ1) is 10.5. The van der Waals surface area contributed by atoms with Crippen LogP contribution in [0.2, 0.25) is 0 Å². The van der Waals surface area contributed by atoms with Gasteiger partial charge in [0.15, 0.2) is 0 Å². The minimum atomic E-state index is 1.12. The predicted octanol–water partition coefficient (Wildman–Crippen LogP) is 7.29. The summed E-state index contributed by atoms with van der Waals surface area (Å²) in [7, 11) is 0. The van der Waals surface area contributed by atoms with Gasteiger partial charge in [-0.05, 0) is 81.6 Å². The fourth-order valence-corrected chi connectivity index (χ4v) is 4.12. The molecule has 0 nitrogen and oxygen atoms in total. The molecule has 0 N–H and O–H groups in total. The molecular weight excluding hydrogens is 400 g/mol.